The van der Waals surface area contributed by atoms with Crippen molar-refractivity contribution in [1.29, 1.82) is 0 Å². The molecule has 0 aliphatic heterocycles. The van der Waals surface area contributed by atoms with E-state index < -0.39 is 15.4 Å². The molecule has 0 fully saturated rings. The highest BCUT2D eigenvalue weighted by molar-refractivity contribution is 14.1. The molecule has 0 saturated heterocycles. The molecule has 0 amide bonds. The predicted molar refractivity (Wildman–Crippen MR) is 66.3 cm³/mol. The Morgan fingerprint density at radius 3 is 2.47 bits per heavy atom. The minimum absolute atomic E-state index is 0.000833. The summed E-state index contributed by atoms with van der Waals surface area (Å²) >= 11 is 4.96. The molecule has 0 spiro atoms. The van der Waals surface area contributed by atoms with Crippen molar-refractivity contribution in [2.24, 2.45) is 0 Å². The minimum Gasteiger partial charge on any atom is -0.480 e. The summed E-state index contributed by atoms with van der Waals surface area (Å²) in [6.45, 7) is 1.68. The third kappa shape index (κ3) is 2.25. The fraction of sp³-hybridized carbons (Fsp3) is 0.333. The third-order valence-electron chi connectivity index (χ3n) is 2.30. The molecule has 82 valence electrons. The van der Waals surface area contributed by atoms with E-state index >= 15 is 0 Å². The molecule has 1 aliphatic carbocycles. The van der Waals surface area contributed by atoms with Gasteiger partial charge in [-0.25, -0.2) is 4.79 Å². The summed E-state index contributed by atoms with van der Waals surface area (Å²) in [5.74, 6) is -2.11. The van der Waals surface area contributed by atoms with Crippen molar-refractivity contribution in [3.8, 4) is 0 Å². The fourth-order valence-corrected chi connectivity index (χ4v) is 2.96. The molecular formula is C9H8BrIO4. The van der Waals surface area contributed by atoms with Crippen LogP contribution >= 0.6 is 38.5 Å². The Balaban J connectivity index is 3.26. The first kappa shape index (κ1) is 12.7. The molecule has 1 rings (SSSR count). The topological polar surface area (TPSA) is 74.6 Å². The van der Waals surface area contributed by atoms with Crippen LogP contribution in [0.4, 0.5) is 0 Å². The Labute approximate surface area is 108 Å². The van der Waals surface area contributed by atoms with E-state index in [0.29, 0.717) is 10.1 Å². The van der Waals surface area contributed by atoms with E-state index in [2.05, 4.69) is 15.9 Å². The number of aliphatic carboxylic acids is 2. The van der Waals surface area contributed by atoms with Crippen LogP contribution in [-0.2, 0) is 9.59 Å². The molecule has 15 heavy (non-hydrogen) atoms. The van der Waals surface area contributed by atoms with Crippen molar-refractivity contribution in [3.05, 3.63) is 21.7 Å². The molecule has 4 nitrogen and oxygen atoms in total. The van der Waals surface area contributed by atoms with Crippen molar-refractivity contribution in [2.45, 2.75) is 16.8 Å². The maximum atomic E-state index is 11.1. The molecule has 0 aromatic heterocycles. The van der Waals surface area contributed by atoms with Gasteiger partial charge < -0.3 is 10.2 Å². The molecule has 0 heterocycles. The molecule has 1 unspecified atom stereocenters. The molecule has 2 N–H and O–H groups in total. The van der Waals surface area contributed by atoms with E-state index in [4.69, 9.17) is 10.2 Å². The lowest BCUT2D eigenvalue weighted by Gasteiger charge is -2.28. The summed E-state index contributed by atoms with van der Waals surface area (Å²) in [6, 6.07) is 0. The van der Waals surface area contributed by atoms with Gasteiger partial charge in [-0.1, -0.05) is 38.5 Å². The van der Waals surface area contributed by atoms with Gasteiger partial charge in [0.2, 0.25) is 0 Å². The van der Waals surface area contributed by atoms with E-state index in [9.17, 15) is 9.59 Å². The van der Waals surface area contributed by atoms with Gasteiger partial charge in [-0.3, -0.25) is 4.79 Å². The van der Waals surface area contributed by atoms with Gasteiger partial charge in [0, 0.05) is 16.5 Å². The monoisotopic (exact) mass is 386 g/mol. The summed E-state index contributed by atoms with van der Waals surface area (Å²) in [7, 11) is 0. The first-order valence-electron chi connectivity index (χ1n) is 4.02. The quantitative estimate of drug-likeness (QED) is 0.564. The molecule has 6 heteroatoms. The standard InChI is InChI=1S/C9H8BrIO4/c1-4-6(10)2-5(7(12)13)3-9(4,11)8(14)15/h2H,3H2,1H3,(H,12,13)(H,14,15). The van der Waals surface area contributed by atoms with Crippen LogP contribution in [0.15, 0.2) is 21.7 Å². The zero-order valence-corrected chi connectivity index (χ0v) is 11.5. The molecule has 0 radical (unpaired) electrons. The molecule has 0 aromatic rings. The number of carboxylic acid groups (broad SMARTS) is 2. The summed E-state index contributed by atoms with van der Waals surface area (Å²) in [6.07, 6.45) is 1.46. The first-order valence-corrected chi connectivity index (χ1v) is 5.89. The van der Waals surface area contributed by atoms with Crippen LogP contribution < -0.4 is 0 Å². The zero-order valence-electron chi connectivity index (χ0n) is 7.75. The summed E-state index contributed by atoms with van der Waals surface area (Å²) < 4.78 is -0.637. The maximum Gasteiger partial charge on any atom is 0.331 e. The maximum absolute atomic E-state index is 11.1. The van der Waals surface area contributed by atoms with E-state index in [-0.39, 0.29) is 12.0 Å². The minimum atomic E-state index is -1.17. The average Bonchev–Trinajstić information content (AvgIpc) is 2.12. The van der Waals surface area contributed by atoms with Gasteiger partial charge >= 0.3 is 11.9 Å². The number of halogens is 2. The molecule has 1 atom stereocenters. The highest BCUT2D eigenvalue weighted by atomic mass is 127. The van der Waals surface area contributed by atoms with Gasteiger partial charge in [0.1, 0.15) is 3.42 Å². The third-order valence-corrected chi connectivity index (χ3v) is 4.78. The van der Waals surface area contributed by atoms with E-state index in [1.54, 1.807) is 29.5 Å². The van der Waals surface area contributed by atoms with E-state index in [1.165, 1.54) is 6.08 Å². The normalized spacial score (nSPS) is 26.2. The van der Waals surface area contributed by atoms with Gasteiger partial charge in [-0.2, -0.15) is 0 Å². The number of carboxylic acids is 2. The Bertz CT molecular complexity index is 399. The Hall–Kier alpha value is -0.370. The first-order chi connectivity index (χ1) is 6.79. The smallest absolute Gasteiger partial charge is 0.331 e. The average molecular weight is 387 g/mol. The Morgan fingerprint density at radius 2 is 2.07 bits per heavy atom. The number of hydrogen-bond donors (Lipinski definition) is 2. The second-order valence-electron chi connectivity index (χ2n) is 3.23. The van der Waals surface area contributed by atoms with Crippen molar-refractivity contribution >= 4 is 50.5 Å². The number of carbonyl (C=O) groups is 2. The van der Waals surface area contributed by atoms with Crippen LogP contribution in [0.3, 0.4) is 0 Å². The van der Waals surface area contributed by atoms with Gasteiger partial charge in [0.25, 0.3) is 0 Å². The number of alkyl halides is 1. The predicted octanol–water partition coefficient (Wildman–Crippen LogP) is 2.33. The lowest BCUT2D eigenvalue weighted by atomic mass is 9.88. The Kier molecular flexibility index (Phi) is 3.59. The molecule has 0 saturated carbocycles. The highest BCUT2D eigenvalue weighted by Crippen LogP contribution is 2.42. The lowest BCUT2D eigenvalue weighted by Crippen LogP contribution is -2.36. The van der Waals surface area contributed by atoms with Gasteiger partial charge in [0.05, 0.1) is 0 Å². The van der Waals surface area contributed by atoms with Gasteiger partial charge in [0.15, 0.2) is 0 Å². The molecular weight excluding hydrogens is 379 g/mol. The van der Waals surface area contributed by atoms with Crippen molar-refractivity contribution in [2.75, 3.05) is 0 Å². The fourth-order valence-electron chi connectivity index (χ4n) is 1.27. The molecule has 1 aliphatic rings. The second kappa shape index (κ2) is 4.25. The van der Waals surface area contributed by atoms with Crippen molar-refractivity contribution in [1.82, 2.24) is 0 Å². The number of hydrogen-bond acceptors (Lipinski definition) is 2. The van der Waals surface area contributed by atoms with Crippen LogP contribution in [0, 0.1) is 0 Å². The summed E-state index contributed by atoms with van der Waals surface area (Å²) in [5, 5.41) is 18.0. The number of rotatable bonds is 2. The lowest BCUT2D eigenvalue weighted by molar-refractivity contribution is -0.138. The van der Waals surface area contributed by atoms with Crippen LogP contribution in [0.2, 0.25) is 0 Å². The SMILES string of the molecule is CC1=C(Br)C=C(C(=O)O)CC1(I)C(=O)O. The Morgan fingerprint density at radius 1 is 1.53 bits per heavy atom. The van der Waals surface area contributed by atoms with Crippen molar-refractivity contribution in [3.63, 3.8) is 0 Å². The van der Waals surface area contributed by atoms with Crippen LogP contribution in [0.5, 0.6) is 0 Å². The molecule has 0 bridgehead atoms. The van der Waals surface area contributed by atoms with E-state index in [0.717, 1.165) is 0 Å². The van der Waals surface area contributed by atoms with Crippen LogP contribution in [0.25, 0.3) is 0 Å². The zero-order chi connectivity index (χ0) is 11.8. The van der Waals surface area contributed by atoms with E-state index in [1.807, 2.05) is 0 Å². The number of allylic oxidation sites excluding steroid dienone is 2. The summed E-state index contributed by atoms with van der Waals surface area (Å²) in [4.78, 5) is 21.9. The molecule has 0 aromatic carbocycles. The van der Waals surface area contributed by atoms with Gasteiger partial charge in [-0.15, -0.1) is 0 Å². The van der Waals surface area contributed by atoms with Gasteiger partial charge in [-0.05, 0) is 18.6 Å². The largest absolute Gasteiger partial charge is 0.480 e. The van der Waals surface area contributed by atoms with Crippen LogP contribution in [-0.4, -0.2) is 25.6 Å². The van der Waals surface area contributed by atoms with Crippen molar-refractivity contribution < 1.29 is 19.8 Å². The summed E-state index contributed by atoms with van der Waals surface area (Å²) in [5.41, 5.74) is 0.727. The highest BCUT2D eigenvalue weighted by Gasteiger charge is 2.42. The van der Waals surface area contributed by atoms with Crippen LogP contribution in [0.1, 0.15) is 13.3 Å². The second-order valence-corrected chi connectivity index (χ2v) is 5.93.